The van der Waals surface area contributed by atoms with Gasteiger partial charge in [0.15, 0.2) is 0 Å². The maximum absolute atomic E-state index is 4.49. The summed E-state index contributed by atoms with van der Waals surface area (Å²) in [6.45, 7) is 9.21. The van der Waals surface area contributed by atoms with Gasteiger partial charge in [-0.1, -0.05) is 45.9 Å². The molecule has 0 radical (unpaired) electrons. The van der Waals surface area contributed by atoms with Gasteiger partial charge >= 0.3 is 0 Å². The molecular formula is C14H19N. The van der Waals surface area contributed by atoms with E-state index < -0.39 is 0 Å². The second kappa shape index (κ2) is 3.48. The molecule has 80 valence electrons. The van der Waals surface area contributed by atoms with Crippen LogP contribution >= 0.6 is 0 Å². The van der Waals surface area contributed by atoms with Crippen LogP contribution in [-0.2, 0) is 0 Å². The number of para-hydroxylation sites is 1. The summed E-state index contributed by atoms with van der Waals surface area (Å²) in [5, 5.41) is 0. The Bertz CT molecular complexity index is 385. The Morgan fingerprint density at radius 2 is 1.87 bits per heavy atom. The highest BCUT2D eigenvalue weighted by atomic mass is 14.8. The quantitative estimate of drug-likeness (QED) is 0.646. The average molecular weight is 201 g/mol. The highest BCUT2D eigenvalue weighted by Gasteiger charge is 2.31. The van der Waals surface area contributed by atoms with Gasteiger partial charge in [-0.25, -0.2) is 0 Å². The van der Waals surface area contributed by atoms with E-state index in [1.54, 1.807) is 0 Å². The van der Waals surface area contributed by atoms with E-state index in [4.69, 9.17) is 0 Å². The van der Waals surface area contributed by atoms with Crippen molar-refractivity contribution in [1.82, 2.24) is 0 Å². The molecule has 15 heavy (non-hydrogen) atoms. The summed E-state index contributed by atoms with van der Waals surface area (Å²) in [7, 11) is 0. The molecule has 0 saturated heterocycles. The average Bonchev–Trinajstić information content (AvgIpc) is 2.58. The molecule has 1 aromatic rings. The first kappa shape index (κ1) is 10.4. The summed E-state index contributed by atoms with van der Waals surface area (Å²) in [6.07, 6.45) is 2.11. The topological polar surface area (TPSA) is 12.4 Å². The van der Waals surface area contributed by atoms with Gasteiger partial charge in [-0.3, -0.25) is 4.99 Å². The Labute approximate surface area is 92.2 Å². The molecule has 0 amide bonds. The molecule has 2 atom stereocenters. The van der Waals surface area contributed by atoms with Gasteiger partial charge < -0.3 is 0 Å². The van der Waals surface area contributed by atoms with Crippen molar-refractivity contribution in [1.29, 1.82) is 0 Å². The zero-order valence-electron chi connectivity index (χ0n) is 9.99. The smallest absolute Gasteiger partial charge is 0.0664 e. The molecule has 0 aromatic heterocycles. The van der Waals surface area contributed by atoms with E-state index in [0.29, 0.717) is 17.3 Å². The summed E-state index contributed by atoms with van der Waals surface area (Å²) in [6, 6.07) is 8.46. The second-order valence-corrected chi connectivity index (χ2v) is 5.52. The van der Waals surface area contributed by atoms with Crippen LogP contribution in [0.5, 0.6) is 0 Å². The van der Waals surface area contributed by atoms with Crippen LogP contribution in [0.15, 0.2) is 29.3 Å². The third kappa shape index (κ3) is 1.83. The molecule has 0 saturated carbocycles. The minimum Gasteiger partial charge on any atom is -0.260 e. The highest BCUT2D eigenvalue weighted by Crippen LogP contribution is 2.42. The minimum absolute atomic E-state index is 0.328. The van der Waals surface area contributed by atoms with Crippen LogP contribution in [0.2, 0.25) is 0 Å². The van der Waals surface area contributed by atoms with Crippen molar-refractivity contribution in [2.24, 2.45) is 16.3 Å². The standard InChI is InChI=1S/C14H19N/c1-10(14(2,3)4)12-9-15-13-8-6-5-7-11(12)13/h5-10,12H,1-4H3. The number of rotatable bonds is 1. The molecule has 0 aliphatic carbocycles. The fraction of sp³-hybridized carbons (Fsp3) is 0.500. The fourth-order valence-electron chi connectivity index (χ4n) is 2.06. The first-order chi connectivity index (χ1) is 7.00. The number of hydrogen-bond acceptors (Lipinski definition) is 1. The van der Waals surface area contributed by atoms with Gasteiger partial charge in [0.05, 0.1) is 5.69 Å². The first-order valence-electron chi connectivity index (χ1n) is 5.63. The van der Waals surface area contributed by atoms with E-state index in [1.165, 1.54) is 5.56 Å². The van der Waals surface area contributed by atoms with Crippen molar-refractivity contribution in [3.63, 3.8) is 0 Å². The molecule has 1 aliphatic heterocycles. The normalized spacial score (nSPS) is 21.5. The zero-order chi connectivity index (χ0) is 11.1. The maximum Gasteiger partial charge on any atom is 0.0664 e. The van der Waals surface area contributed by atoms with E-state index >= 15 is 0 Å². The van der Waals surface area contributed by atoms with Crippen LogP contribution in [0.3, 0.4) is 0 Å². The Balaban J connectivity index is 2.32. The Morgan fingerprint density at radius 3 is 2.53 bits per heavy atom. The van der Waals surface area contributed by atoms with Gasteiger partial charge in [0.2, 0.25) is 0 Å². The molecule has 2 rings (SSSR count). The van der Waals surface area contributed by atoms with E-state index in [-0.39, 0.29) is 0 Å². The van der Waals surface area contributed by atoms with E-state index in [9.17, 15) is 0 Å². The largest absolute Gasteiger partial charge is 0.260 e. The van der Waals surface area contributed by atoms with Crippen LogP contribution in [0.25, 0.3) is 0 Å². The number of nitrogens with zero attached hydrogens (tertiary/aromatic N) is 1. The lowest BCUT2D eigenvalue weighted by molar-refractivity contribution is 0.251. The minimum atomic E-state index is 0.328. The Kier molecular flexibility index (Phi) is 2.41. The van der Waals surface area contributed by atoms with Crippen LogP contribution < -0.4 is 0 Å². The fourth-order valence-corrected chi connectivity index (χ4v) is 2.06. The van der Waals surface area contributed by atoms with Gasteiger partial charge in [-0.05, 0) is 23.0 Å². The van der Waals surface area contributed by atoms with Crippen molar-refractivity contribution in [2.75, 3.05) is 0 Å². The van der Waals surface area contributed by atoms with E-state index in [1.807, 2.05) is 0 Å². The lowest BCUT2D eigenvalue weighted by Crippen LogP contribution is -2.24. The molecule has 2 unspecified atom stereocenters. The SMILES string of the molecule is CC(C1C=Nc2ccccc21)C(C)(C)C. The van der Waals surface area contributed by atoms with Crippen LogP contribution in [0.4, 0.5) is 5.69 Å². The summed E-state index contributed by atoms with van der Waals surface area (Å²) in [4.78, 5) is 4.49. The molecule has 0 N–H and O–H groups in total. The van der Waals surface area contributed by atoms with Gasteiger partial charge in [0.25, 0.3) is 0 Å². The lowest BCUT2D eigenvalue weighted by Gasteiger charge is -2.31. The summed E-state index contributed by atoms with van der Waals surface area (Å²) in [5.41, 5.74) is 2.87. The Morgan fingerprint density at radius 1 is 1.20 bits per heavy atom. The zero-order valence-corrected chi connectivity index (χ0v) is 9.99. The Hall–Kier alpha value is -1.11. The second-order valence-electron chi connectivity index (χ2n) is 5.52. The molecule has 1 aliphatic rings. The van der Waals surface area contributed by atoms with E-state index in [2.05, 4.69) is 63.2 Å². The number of fused-ring (bicyclic) bond motifs is 1. The van der Waals surface area contributed by atoms with Crippen LogP contribution in [-0.4, -0.2) is 6.21 Å². The van der Waals surface area contributed by atoms with Gasteiger partial charge in [0.1, 0.15) is 0 Å². The van der Waals surface area contributed by atoms with Crippen molar-refractivity contribution >= 4 is 11.9 Å². The molecule has 0 bridgehead atoms. The van der Waals surface area contributed by atoms with Gasteiger partial charge in [0, 0.05) is 12.1 Å². The number of benzene rings is 1. The molecule has 0 spiro atoms. The van der Waals surface area contributed by atoms with E-state index in [0.717, 1.165) is 5.69 Å². The van der Waals surface area contributed by atoms with Crippen molar-refractivity contribution in [3.8, 4) is 0 Å². The molecule has 1 aromatic carbocycles. The van der Waals surface area contributed by atoms with Gasteiger partial charge in [-0.2, -0.15) is 0 Å². The third-order valence-corrected chi connectivity index (χ3v) is 3.57. The van der Waals surface area contributed by atoms with Crippen molar-refractivity contribution in [3.05, 3.63) is 29.8 Å². The molecule has 0 fully saturated rings. The molecule has 1 heterocycles. The van der Waals surface area contributed by atoms with Crippen LogP contribution in [0, 0.1) is 11.3 Å². The molecule has 1 heteroatoms. The summed E-state index contributed by atoms with van der Waals surface area (Å²) in [5.74, 6) is 1.10. The monoisotopic (exact) mass is 201 g/mol. The molecule has 1 nitrogen and oxygen atoms in total. The summed E-state index contributed by atoms with van der Waals surface area (Å²) >= 11 is 0. The first-order valence-corrected chi connectivity index (χ1v) is 5.63. The van der Waals surface area contributed by atoms with Crippen LogP contribution in [0.1, 0.15) is 39.2 Å². The lowest BCUT2D eigenvalue weighted by atomic mass is 9.73. The van der Waals surface area contributed by atoms with Crippen molar-refractivity contribution in [2.45, 2.75) is 33.6 Å². The highest BCUT2D eigenvalue weighted by molar-refractivity contribution is 5.80. The summed E-state index contributed by atoms with van der Waals surface area (Å²) < 4.78 is 0. The maximum atomic E-state index is 4.49. The van der Waals surface area contributed by atoms with Gasteiger partial charge in [-0.15, -0.1) is 0 Å². The number of hydrogen-bond donors (Lipinski definition) is 0. The predicted molar refractivity (Wildman–Crippen MR) is 66.0 cm³/mol. The molecular weight excluding hydrogens is 182 g/mol. The van der Waals surface area contributed by atoms with Crippen molar-refractivity contribution < 1.29 is 0 Å². The predicted octanol–water partition coefficient (Wildman–Crippen LogP) is 4.17. The third-order valence-electron chi connectivity index (χ3n) is 3.57. The number of aliphatic imine (C=N–C) groups is 1.